The van der Waals surface area contributed by atoms with Crippen LogP contribution in [0.15, 0.2) is 12.2 Å². The fourth-order valence-corrected chi connectivity index (χ4v) is 0.933. The van der Waals surface area contributed by atoms with Gasteiger partial charge in [0.2, 0.25) is 0 Å². The topological polar surface area (TPSA) is 69.6 Å². The second-order valence-corrected chi connectivity index (χ2v) is 3.74. The third kappa shape index (κ3) is 5.72. The lowest BCUT2D eigenvalue weighted by Crippen LogP contribution is -2.41. The molecule has 5 heteroatoms. The summed E-state index contributed by atoms with van der Waals surface area (Å²) in [6.45, 7) is 7.61. The molecular weight excluding hydrogens is 196 g/mol. The zero-order valence-electron chi connectivity index (χ0n) is 9.41. The van der Waals surface area contributed by atoms with Crippen LogP contribution in [0.5, 0.6) is 0 Å². The molecule has 0 aliphatic rings. The molecular formula is C10H18N2O3. The lowest BCUT2D eigenvalue weighted by molar-refractivity contribution is -0.141. The molecule has 0 aromatic heterocycles. The third-order valence-electron chi connectivity index (χ3n) is 1.86. The van der Waals surface area contributed by atoms with Crippen molar-refractivity contribution in [3.63, 3.8) is 0 Å². The maximum Gasteiger partial charge on any atom is 0.317 e. The highest BCUT2D eigenvalue weighted by atomic mass is 16.4. The molecule has 0 aliphatic heterocycles. The van der Waals surface area contributed by atoms with Crippen molar-refractivity contribution in [1.29, 1.82) is 0 Å². The van der Waals surface area contributed by atoms with Gasteiger partial charge in [-0.2, -0.15) is 0 Å². The van der Waals surface area contributed by atoms with Gasteiger partial charge in [-0.05, 0) is 6.92 Å². The first-order chi connectivity index (χ1) is 6.84. The SMILES string of the molecule is C=C(C)CNC(=O)N(C)CC(C)C(=O)O. The van der Waals surface area contributed by atoms with E-state index in [1.807, 2.05) is 0 Å². The number of nitrogens with zero attached hydrogens (tertiary/aromatic N) is 1. The smallest absolute Gasteiger partial charge is 0.317 e. The van der Waals surface area contributed by atoms with Crippen LogP contribution in [0.3, 0.4) is 0 Å². The predicted molar refractivity (Wildman–Crippen MR) is 57.6 cm³/mol. The van der Waals surface area contributed by atoms with E-state index in [-0.39, 0.29) is 12.6 Å². The quantitative estimate of drug-likeness (QED) is 0.669. The molecule has 15 heavy (non-hydrogen) atoms. The van der Waals surface area contributed by atoms with Crippen LogP contribution < -0.4 is 5.32 Å². The molecule has 0 aromatic carbocycles. The van der Waals surface area contributed by atoms with Crippen LogP contribution in [0.2, 0.25) is 0 Å². The average Bonchev–Trinajstić information content (AvgIpc) is 2.13. The molecule has 2 N–H and O–H groups in total. The fraction of sp³-hybridized carbons (Fsp3) is 0.600. The molecule has 0 heterocycles. The number of nitrogens with one attached hydrogen (secondary N) is 1. The zero-order valence-corrected chi connectivity index (χ0v) is 9.41. The van der Waals surface area contributed by atoms with Crippen LogP contribution in [0.1, 0.15) is 13.8 Å². The van der Waals surface area contributed by atoms with Gasteiger partial charge in [0.15, 0.2) is 0 Å². The Morgan fingerprint density at radius 2 is 2.07 bits per heavy atom. The first kappa shape index (κ1) is 13.5. The van der Waals surface area contributed by atoms with Crippen LogP contribution in [0.25, 0.3) is 0 Å². The molecule has 0 saturated carbocycles. The van der Waals surface area contributed by atoms with Crippen molar-refractivity contribution in [2.75, 3.05) is 20.1 Å². The van der Waals surface area contributed by atoms with E-state index in [2.05, 4.69) is 11.9 Å². The van der Waals surface area contributed by atoms with E-state index in [1.54, 1.807) is 20.9 Å². The number of carbonyl (C=O) groups excluding carboxylic acids is 1. The molecule has 1 atom stereocenters. The highest BCUT2D eigenvalue weighted by molar-refractivity contribution is 5.75. The molecule has 0 rings (SSSR count). The van der Waals surface area contributed by atoms with Crippen molar-refractivity contribution < 1.29 is 14.7 Å². The highest BCUT2D eigenvalue weighted by Gasteiger charge is 2.16. The van der Waals surface area contributed by atoms with E-state index >= 15 is 0 Å². The third-order valence-corrected chi connectivity index (χ3v) is 1.86. The number of amides is 2. The summed E-state index contributed by atoms with van der Waals surface area (Å²) in [5.41, 5.74) is 0.850. The minimum atomic E-state index is -0.908. The summed E-state index contributed by atoms with van der Waals surface area (Å²) < 4.78 is 0. The van der Waals surface area contributed by atoms with Crippen LogP contribution in [0, 0.1) is 5.92 Å². The van der Waals surface area contributed by atoms with Gasteiger partial charge in [-0.3, -0.25) is 4.79 Å². The van der Waals surface area contributed by atoms with Crippen molar-refractivity contribution in [1.82, 2.24) is 10.2 Å². The highest BCUT2D eigenvalue weighted by Crippen LogP contribution is 1.98. The predicted octanol–water partition coefficient (Wildman–Crippen LogP) is 0.925. The van der Waals surface area contributed by atoms with Gasteiger partial charge in [0, 0.05) is 20.1 Å². The first-order valence-corrected chi connectivity index (χ1v) is 4.70. The Kier molecular flexibility index (Phi) is 5.44. The van der Waals surface area contributed by atoms with Gasteiger partial charge in [0.25, 0.3) is 0 Å². The minimum Gasteiger partial charge on any atom is -0.481 e. The number of urea groups is 1. The Morgan fingerprint density at radius 3 is 2.47 bits per heavy atom. The van der Waals surface area contributed by atoms with Crippen LogP contribution in [-0.2, 0) is 4.79 Å². The standard InChI is InChI=1S/C10H18N2O3/c1-7(2)5-11-10(15)12(4)6-8(3)9(13)14/h8H,1,5-6H2,2-4H3,(H,11,15)(H,13,14). The Hall–Kier alpha value is -1.52. The summed E-state index contributed by atoms with van der Waals surface area (Å²) in [6.07, 6.45) is 0. The van der Waals surface area contributed by atoms with E-state index in [4.69, 9.17) is 5.11 Å². The van der Waals surface area contributed by atoms with E-state index < -0.39 is 11.9 Å². The summed E-state index contributed by atoms with van der Waals surface area (Å²) in [4.78, 5) is 23.3. The largest absolute Gasteiger partial charge is 0.481 e. The van der Waals surface area contributed by atoms with E-state index in [0.717, 1.165) is 5.57 Å². The zero-order chi connectivity index (χ0) is 12.0. The van der Waals surface area contributed by atoms with Gasteiger partial charge in [-0.1, -0.05) is 19.1 Å². The lowest BCUT2D eigenvalue weighted by atomic mass is 10.2. The Bertz CT molecular complexity index is 263. The van der Waals surface area contributed by atoms with Gasteiger partial charge in [-0.25, -0.2) is 4.79 Å². The van der Waals surface area contributed by atoms with Crippen LogP contribution in [-0.4, -0.2) is 42.1 Å². The molecule has 0 aromatic rings. The van der Waals surface area contributed by atoms with Gasteiger partial charge in [0.05, 0.1) is 5.92 Å². The molecule has 0 spiro atoms. The van der Waals surface area contributed by atoms with Gasteiger partial charge in [0.1, 0.15) is 0 Å². The maximum atomic E-state index is 11.4. The summed E-state index contributed by atoms with van der Waals surface area (Å²) in [7, 11) is 1.56. The summed E-state index contributed by atoms with van der Waals surface area (Å²) in [5, 5.41) is 11.3. The van der Waals surface area contributed by atoms with Crippen molar-refractivity contribution >= 4 is 12.0 Å². The average molecular weight is 214 g/mol. The van der Waals surface area contributed by atoms with E-state index in [1.165, 1.54) is 4.90 Å². The molecule has 2 amide bonds. The molecule has 86 valence electrons. The molecule has 0 aliphatic carbocycles. The van der Waals surface area contributed by atoms with Crippen molar-refractivity contribution in [3.05, 3.63) is 12.2 Å². The Morgan fingerprint density at radius 1 is 1.53 bits per heavy atom. The monoisotopic (exact) mass is 214 g/mol. The fourth-order valence-electron chi connectivity index (χ4n) is 0.933. The van der Waals surface area contributed by atoms with Crippen LogP contribution >= 0.6 is 0 Å². The number of hydrogen-bond donors (Lipinski definition) is 2. The second kappa shape index (κ2) is 6.06. The molecule has 5 nitrogen and oxygen atoms in total. The maximum absolute atomic E-state index is 11.4. The molecule has 0 radical (unpaired) electrons. The summed E-state index contributed by atoms with van der Waals surface area (Å²) >= 11 is 0. The molecule has 0 fully saturated rings. The lowest BCUT2D eigenvalue weighted by Gasteiger charge is -2.19. The Labute approximate surface area is 89.8 Å². The molecule has 0 saturated heterocycles. The normalized spacial score (nSPS) is 11.7. The van der Waals surface area contributed by atoms with Crippen molar-refractivity contribution in [3.8, 4) is 0 Å². The van der Waals surface area contributed by atoms with Gasteiger partial charge in [-0.15, -0.1) is 0 Å². The number of hydrogen-bond acceptors (Lipinski definition) is 2. The van der Waals surface area contributed by atoms with Gasteiger partial charge < -0.3 is 15.3 Å². The minimum absolute atomic E-state index is 0.192. The molecule has 1 unspecified atom stereocenters. The number of carbonyl (C=O) groups is 2. The van der Waals surface area contributed by atoms with E-state index in [0.29, 0.717) is 6.54 Å². The number of carboxylic acid groups (broad SMARTS) is 1. The van der Waals surface area contributed by atoms with Crippen molar-refractivity contribution in [2.24, 2.45) is 5.92 Å². The second-order valence-electron chi connectivity index (χ2n) is 3.74. The van der Waals surface area contributed by atoms with Crippen LogP contribution in [0.4, 0.5) is 4.79 Å². The van der Waals surface area contributed by atoms with E-state index in [9.17, 15) is 9.59 Å². The summed E-state index contributed by atoms with van der Waals surface area (Å²) in [6, 6.07) is -0.286. The Balaban J connectivity index is 3.99. The number of carboxylic acids is 1. The molecule has 0 bridgehead atoms. The first-order valence-electron chi connectivity index (χ1n) is 4.70. The van der Waals surface area contributed by atoms with Gasteiger partial charge >= 0.3 is 12.0 Å². The van der Waals surface area contributed by atoms with Crippen molar-refractivity contribution in [2.45, 2.75) is 13.8 Å². The number of rotatable bonds is 5. The number of aliphatic carboxylic acids is 1. The summed E-state index contributed by atoms with van der Waals surface area (Å²) in [5.74, 6) is -1.47.